The van der Waals surface area contributed by atoms with Crippen LogP contribution in [0.25, 0.3) is 0 Å². The first-order chi connectivity index (χ1) is 13.7. The second-order valence-corrected chi connectivity index (χ2v) is 7.95. The first-order valence-electron chi connectivity index (χ1n) is 10.4. The van der Waals surface area contributed by atoms with Gasteiger partial charge in [-0.1, -0.05) is 25.3 Å². The molecule has 1 spiro atoms. The average Bonchev–Trinajstić information content (AvgIpc) is 3.13. The number of aliphatic imine (C=N–C) groups is 1. The summed E-state index contributed by atoms with van der Waals surface area (Å²) in [6, 6.07) is 3.97. The molecule has 2 fully saturated rings. The Bertz CT molecular complexity index is 690. The highest BCUT2D eigenvalue weighted by atomic mass is 127. The minimum atomic E-state index is 0. The van der Waals surface area contributed by atoms with Crippen molar-refractivity contribution in [3.8, 4) is 17.2 Å². The summed E-state index contributed by atoms with van der Waals surface area (Å²) in [4.78, 5) is 6.98. The fourth-order valence-electron chi connectivity index (χ4n) is 4.83. The van der Waals surface area contributed by atoms with Crippen molar-refractivity contribution in [2.45, 2.75) is 44.9 Å². The van der Waals surface area contributed by atoms with E-state index < -0.39 is 0 Å². The van der Waals surface area contributed by atoms with Crippen LogP contribution in [0.5, 0.6) is 17.2 Å². The summed E-state index contributed by atoms with van der Waals surface area (Å²) in [5, 5.41) is 3.55. The molecule has 3 rings (SSSR count). The van der Waals surface area contributed by atoms with Crippen LogP contribution in [0.15, 0.2) is 17.1 Å². The maximum Gasteiger partial charge on any atom is 0.203 e. The zero-order valence-electron chi connectivity index (χ0n) is 18.3. The molecule has 7 heteroatoms. The number of nitrogens with zero attached hydrogens (tertiary/aromatic N) is 2. The van der Waals surface area contributed by atoms with Gasteiger partial charge in [-0.3, -0.25) is 4.99 Å². The molecule has 0 amide bonds. The number of nitrogens with one attached hydrogen (secondary N) is 1. The van der Waals surface area contributed by atoms with E-state index in [9.17, 15) is 0 Å². The largest absolute Gasteiger partial charge is 0.493 e. The molecule has 164 valence electrons. The molecule has 0 aromatic heterocycles. The second-order valence-electron chi connectivity index (χ2n) is 7.95. The van der Waals surface area contributed by atoms with Gasteiger partial charge in [-0.25, -0.2) is 0 Å². The van der Waals surface area contributed by atoms with Crippen LogP contribution in [0.1, 0.15) is 44.1 Å². The first-order valence-corrected chi connectivity index (χ1v) is 10.4. The summed E-state index contributed by atoms with van der Waals surface area (Å²) in [7, 11) is 6.82. The van der Waals surface area contributed by atoms with Crippen LogP contribution in [0, 0.1) is 5.41 Å². The lowest BCUT2D eigenvalue weighted by molar-refractivity contribution is 0.203. The van der Waals surface area contributed by atoms with Gasteiger partial charge in [0.15, 0.2) is 17.5 Å². The Morgan fingerprint density at radius 2 is 1.76 bits per heavy atom. The van der Waals surface area contributed by atoms with E-state index >= 15 is 0 Å². The molecule has 6 nitrogen and oxygen atoms in total. The Balaban J connectivity index is 0.00000300. The van der Waals surface area contributed by atoms with Crippen LogP contribution in [0.2, 0.25) is 0 Å². The number of hydrogen-bond donors (Lipinski definition) is 1. The van der Waals surface area contributed by atoms with Crippen LogP contribution < -0.4 is 19.5 Å². The topological polar surface area (TPSA) is 55.3 Å². The molecular formula is C22H36IN3O3. The molecule has 1 saturated carbocycles. The standard InChI is InChI=1S/C22H35N3O3.HI/c1-23-21(25-15-13-22(16-25)11-6-5-7-12-22)24-14-10-17-8-9-18(26-2)20(28-4)19(17)27-3;/h8-9H,5-7,10-16H2,1-4H3,(H,23,24);1H. The maximum absolute atomic E-state index is 5.60. The lowest BCUT2D eigenvalue weighted by atomic mass is 9.73. The van der Waals surface area contributed by atoms with E-state index in [1.807, 2.05) is 19.2 Å². The Kier molecular flexibility index (Phi) is 9.17. The lowest BCUT2D eigenvalue weighted by Gasteiger charge is -2.33. The fraction of sp³-hybridized carbons (Fsp3) is 0.682. The maximum atomic E-state index is 5.60. The minimum absolute atomic E-state index is 0. The third kappa shape index (κ3) is 5.41. The Morgan fingerprint density at radius 3 is 2.38 bits per heavy atom. The number of hydrogen-bond acceptors (Lipinski definition) is 4. The van der Waals surface area contributed by atoms with Gasteiger partial charge in [-0.15, -0.1) is 24.0 Å². The lowest BCUT2D eigenvalue weighted by Crippen LogP contribution is -2.42. The zero-order valence-corrected chi connectivity index (χ0v) is 20.6. The molecule has 0 atom stereocenters. The van der Waals surface area contributed by atoms with Crippen molar-refractivity contribution < 1.29 is 14.2 Å². The highest BCUT2D eigenvalue weighted by molar-refractivity contribution is 14.0. The Morgan fingerprint density at radius 1 is 1.03 bits per heavy atom. The number of methoxy groups -OCH3 is 3. The van der Waals surface area contributed by atoms with Gasteiger partial charge >= 0.3 is 0 Å². The summed E-state index contributed by atoms with van der Waals surface area (Å²) < 4.78 is 16.5. The Labute approximate surface area is 192 Å². The Hall–Kier alpha value is -1.38. The molecule has 0 radical (unpaired) electrons. The minimum Gasteiger partial charge on any atom is -0.493 e. The van der Waals surface area contributed by atoms with Crippen molar-refractivity contribution >= 4 is 29.9 Å². The predicted octanol–water partition coefficient (Wildman–Crippen LogP) is 4.10. The summed E-state index contributed by atoms with van der Waals surface area (Å²) in [6.45, 7) is 3.05. The third-order valence-electron chi connectivity index (χ3n) is 6.33. The van der Waals surface area contributed by atoms with Gasteiger partial charge in [0, 0.05) is 32.2 Å². The van der Waals surface area contributed by atoms with E-state index in [0.29, 0.717) is 16.9 Å². The van der Waals surface area contributed by atoms with Crippen LogP contribution in [0.4, 0.5) is 0 Å². The van der Waals surface area contributed by atoms with E-state index in [1.165, 1.54) is 38.5 Å². The second kappa shape index (κ2) is 11.1. The zero-order chi connectivity index (χ0) is 20.0. The predicted molar refractivity (Wildman–Crippen MR) is 128 cm³/mol. The molecule has 29 heavy (non-hydrogen) atoms. The monoisotopic (exact) mass is 517 g/mol. The first kappa shape index (κ1) is 23.9. The van der Waals surface area contributed by atoms with Gasteiger partial charge in [0.05, 0.1) is 21.3 Å². The van der Waals surface area contributed by atoms with Crippen molar-refractivity contribution in [3.63, 3.8) is 0 Å². The van der Waals surface area contributed by atoms with Gasteiger partial charge in [0.1, 0.15) is 0 Å². The molecule has 1 heterocycles. The fourth-order valence-corrected chi connectivity index (χ4v) is 4.83. The molecular weight excluding hydrogens is 481 g/mol. The van der Waals surface area contributed by atoms with Crippen molar-refractivity contribution in [1.29, 1.82) is 0 Å². The molecule has 1 aliphatic heterocycles. The normalized spacial score (nSPS) is 18.3. The molecule has 0 bridgehead atoms. The van der Waals surface area contributed by atoms with Crippen molar-refractivity contribution in [2.24, 2.45) is 10.4 Å². The number of likely N-dealkylation sites (tertiary alicyclic amines) is 1. The van der Waals surface area contributed by atoms with Crippen LogP contribution in [-0.4, -0.2) is 58.9 Å². The number of benzene rings is 1. The highest BCUT2D eigenvalue weighted by Crippen LogP contribution is 2.43. The van der Waals surface area contributed by atoms with Crippen LogP contribution in [-0.2, 0) is 6.42 Å². The smallest absolute Gasteiger partial charge is 0.203 e. The van der Waals surface area contributed by atoms with Gasteiger partial charge in [0.2, 0.25) is 5.75 Å². The average molecular weight is 517 g/mol. The quantitative estimate of drug-likeness (QED) is 0.350. The van der Waals surface area contributed by atoms with E-state index in [1.54, 1.807) is 21.3 Å². The molecule has 1 aromatic carbocycles. The van der Waals surface area contributed by atoms with E-state index in [2.05, 4.69) is 15.2 Å². The molecule has 0 unspecified atom stereocenters. The van der Waals surface area contributed by atoms with Crippen LogP contribution >= 0.6 is 24.0 Å². The highest BCUT2D eigenvalue weighted by Gasteiger charge is 2.39. The molecule has 1 aliphatic carbocycles. The van der Waals surface area contributed by atoms with Gasteiger partial charge < -0.3 is 24.4 Å². The van der Waals surface area contributed by atoms with Crippen molar-refractivity contribution in [1.82, 2.24) is 10.2 Å². The molecule has 1 aromatic rings. The molecule has 1 N–H and O–H groups in total. The summed E-state index contributed by atoms with van der Waals surface area (Å²) in [5.41, 5.74) is 1.62. The number of halogens is 1. The molecule has 1 saturated heterocycles. The van der Waals surface area contributed by atoms with E-state index in [0.717, 1.165) is 43.3 Å². The van der Waals surface area contributed by atoms with E-state index in [-0.39, 0.29) is 24.0 Å². The SMILES string of the molecule is CN=C(NCCc1ccc(OC)c(OC)c1OC)N1CCC2(CCCCC2)C1.I. The van der Waals surface area contributed by atoms with Gasteiger partial charge in [0.25, 0.3) is 0 Å². The van der Waals surface area contributed by atoms with Crippen molar-refractivity contribution in [2.75, 3.05) is 48.0 Å². The number of rotatable bonds is 6. The van der Waals surface area contributed by atoms with Crippen molar-refractivity contribution in [3.05, 3.63) is 17.7 Å². The van der Waals surface area contributed by atoms with Gasteiger partial charge in [-0.2, -0.15) is 0 Å². The molecule has 2 aliphatic rings. The summed E-state index contributed by atoms with van der Waals surface area (Å²) in [5.74, 6) is 3.08. The number of guanidine groups is 1. The summed E-state index contributed by atoms with van der Waals surface area (Å²) in [6.07, 6.45) is 9.06. The van der Waals surface area contributed by atoms with Crippen LogP contribution in [0.3, 0.4) is 0 Å². The summed E-state index contributed by atoms with van der Waals surface area (Å²) >= 11 is 0. The number of ether oxygens (including phenoxy) is 3. The van der Waals surface area contributed by atoms with Gasteiger partial charge in [-0.05, 0) is 37.2 Å². The van der Waals surface area contributed by atoms with E-state index in [4.69, 9.17) is 14.2 Å². The third-order valence-corrected chi connectivity index (χ3v) is 6.33.